The van der Waals surface area contributed by atoms with Gasteiger partial charge in [0.15, 0.2) is 0 Å². The highest BCUT2D eigenvalue weighted by molar-refractivity contribution is 5.95. The molecule has 0 saturated carbocycles. The minimum Gasteiger partial charge on any atom is -0.335 e. The number of para-hydroxylation sites is 2. The fourth-order valence-electron chi connectivity index (χ4n) is 3.99. The van der Waals surface area contributed by atoms with Gasteiger partial charge in [-0.05, 0) is 23.8 Å². The summed E-state index contributed by atoms with van der Waals surface area (Å²) in [4.78, 5) is 26.3. The first-order chi connectivity index (χ1) is 14.3. The van der Waals surface area contributed by atoms with Crippen LogP contribution in [0.3, 0.4) is 0 Å². The van der Waals surface area contributed by atoms with Crippen molar-refractivity contribution in [2.24, 2.45) is 0 Å². The van der Waals surface area contributed by atoms with Gasteiger partial charge in [0.2, 0.25) is 0 Å². The summed E-state index contributed by atoms with van der Waals surface area (Å²) in [5.41, 5.74) is 3.68. The smallest absolute Gasteiger partial charge is 0.272 e. The maximum absolute atomic E-state index is 12.9. The summed E-state index contributed by atoms with van der Waals surface area (Å²) in [5.74, 6) is 0.0160. The van der Waals surface area contributed by atoms with Crippen LogP contribution >= 0.6 is 0 Å². The average molecular weight is 382 g/mol. The van der Waals surface area contributed by atoms with Gasteiger partial charge in [-0.2, -0.15) is 0 Å². The Hall–Kier alpha value is -3.31. The molecule has 0 radical (unpaired) electrons. The summed E-state index contributed by atoms with van der Waals surface area (Å²) in [6.07, 6.45) is 1.85. The van der Waals surface area contributed by atoms with E-state index in [0.717, 1.165) is 36.1 Å². The van der Waals surface area contributed by atoms with Crippen molar-refractivity contribution in [1.82, 2.24) is 19.8 Å². The quantitative estimate of drug-likeness (QED) is 0.542. The van der Waals surface area contributed by atoms with E-state index < -0.39 is 0 Å². The summed E-state index contributed by atoms with van der Waals surface area (Å²) < 4.78 is 0. The number of carbonyl (C=O) groups is 1. The number of piperazine rings is 1. The van der Waals surface area contributed by atoms with Crippen molar-refractivity contribution in [1.29, 1.82) is 0 Å². The lowest BCUT2D eigenvalue weighted by molar-refractivity contribution is 0.0623. The first-order valence-electron chi connectivity index (χ1n) is 9.98. The Labute approximate surface area is 169 Å². The Morgan fingerprint density at radius 1 is 0.828 bits per heavy atom. The second kappa shape index (κ2) is 7.60. The highest BCUT2D eigenvalue weighted by Gasteiger charge is 2.23. The average Bonchev–Trinajstić information content (AvgIpc) is 2.79. The third-order valence-electron chi connectivity index (χ3n) is 5.59. The predicted octanol–water partition coefficient (Wildman–Crippen LogP) is 3.74. The van der Waals surface area contributed by atoms with Crippen molar-refractivity contribution < 1.29 is 4.79 Å². The molecule has 0 spiro atoms. The van der Waals surface area contributed by atoms with E-state index in [1.165, 1.54) is 10.9 Å². The van der Waals surface area contributed by atoms with Gasteiger partial charge in [0.1, 0.15) is 5.69 Å². The van der Waals surface area contributed by atoms with Crippen LogP contribution in [0.2, 0.25) is 0 Å². The molecule has 2 aromatic carbocycles. The predicted molar refractivity (Wildman–Crippen MR) is 115 cm³/mol. The zero-order valence-electron chi connectivity index (χ0n) is 16.2. The fourth-order valence-corrected chi connectivity index (χ4v) is 3.99. The lowest BCUT2D eigenvalue weighted by atomic mass is 10.1. The Kier molecular flexibility index (Phi) is 4.66. The van der Waals surface area contributed by atoms with E-state index in [2.05, 4.69) is 39.1 Å². The molecule has 1 aliphatic rings. The van der Waals surface area contributed by atoms with E-state index >= 15 is 0 Å². The summed E-state index contributed by atoms with van der Waals surface area (Å²) >= 11 is 0. The molecule has 0 atom stereocenters. The number of amides is 1. The number of aromatic nitrogens is 2. The molecule has 1 aliphatic heterocycles. The second-order valence-electron chi connectivity index (χ2n) is 7.45. The molecule has 144 valence electrons. The molecule has 5 heteroatoms. The van der Waals surface area contributed by atoms with Gasteiger partial charge in [-0.25, -0.2) is 4.98 Å². The van der Waals surface area contributed by atoms with Crippen molar-refractivity contribution in [2.75, 3.05) is 26.2 Å². The van der Waals surface area contributed by atoms with Crippen LogP contribution in [0, 0.1) is 0 Å². The van der Waals surface area contributed by atoms with Crippen LogP contribution < -0.4 is 0 Å². The molecule has 1 fully saturated rings. The number of benzene rings is 2. The minimum atomic E-state index is 0.0160. The lowest BCUT2D eigenvalue weighted by Gasteiger charge is -2.34. The molecule has 1 saturated heterocycles. The van der Waals surface area contributed by atoms with Gasteiger partial charge in [0, 0.05) is 49.7 Å². The molecule has 4 aromatic rings. The van der Waals surface area contributed by atoms with Gasteiger partial charge in [0.25, 0.3) is 5.91 Å². The maximum Gasteiger partial charge on any atom is 0.272 e. The number of rotatable bonds is 3. The Morgan fingerprint density at radius 2 is 1.62 bits per heavy atom. The molecule has 5 nitrogen and oxygen atoms in total. The van der Waals surface area contributed by atoms with Gasteiger partial charge in [-0.3, -0.25) is 14.7 Å². The van der Waals surface area contributed by atoms with Gasteiger partial charge in [0.05, 0.1) is 11.0 Å². The van der Waals surface area contributed by atoms with Crippen molar-refractivity contribution in [3.8, 4) is 0 Å². The summed E-state index contributed by atoms with van der Waals surface area (Å²) in [6, 6.07) is 22.1. The molecule has 0 aliphatic carbocycles. The third kappa shape index (κ3) is 3.57. The zero-order chi connectivity index (χ0) is 19.6. The summed E-state index contributed by atoms with van der Waals surface area (Å²) in [6.45, 7) is 3.98. The molecular weight excluding hydrogens is 360 g/mol. The molecule has 0 N–H and O–H groups in total. The van der Waals surface area contributed by atoms with E-state index in [1.807, 2.05) is 53.6 Å². The minimum absolute atomic E-state index is 0.0160. The van der Waals surface area contributed by atoms with Crippen LogP contribution in [0.4, 0.5) is 0 Å². The van der Waals surface area contributed by atoms with Gasteiger partial charge in [-0.15, -0.1) is 0 Å². The van der Waals surface area contributed by atoms with Gasteiger partial charge in [-0.1, -0.05) is 48.5 Å². The van der Waals surface area contributed by atoms with Gasteiger partial charge >= 0.3 is 0 Å². The molecule has 5 rings (SSSR count). The third-order valence-corrected chi connectivity index (χ3v) is 5.59. The van der Waals surface area contributed by atoms with Crippen LogP contribution in [0.5, 0.6) is 0 Å². The van der Waals surface area contributed by atoms with Crippen molar-refractivity contribution in [3.05, 3.63) is 84.2 Å². The number of fused-ring (bicyclic) bond motifs is 2. The van der Waals surface area contributed by atoms with Gasteiger partial charge < -0.3 is 4.90 Å². The van der Waals surface area contributed by atoms with Crippen molar-refractivity contribution in [3.63, 3.8) is 0 Å². The van der Waals surface area contributed by atoms with Crippen LogP contribution in [0.15, 0.2) is 72.9 Å². The van der Waals surface area contributed by atoms with Crippen LogP contribution in [-0.4, -0.2) is 51.9 Å². The second-order valence-corrected chi connectivity index (χ2v) is 7.45. The largest absolute Gasteiger partial charge is 0.335 e. The Bertz CT molecular complexity index is 1180. The van der Waals surface area contributed by atoms with Crippen LogP contribution in [0.25, 0.3) is 21.8 Å². The summed E-state index contributed by atoms with van der Waals surface area (Å²) in [7, 11) is 0. The van der Waals surface area contributed by atoms with E-state index in [9.17, 15) is 4.79 Å². The lowest BCUT2D eigenvalue weighted by Crippen LogP contribution is -2.48. The standard InChI is InChI=1S/C24H22N4O/c29-24(22-11-10-18-5-1-2-9-21(18)26-22)28-15-13-27(14-16-28)17-20-7-3-6-19-8-4-12-25-23(19)20/h1-12H,13-17H2. The number of hydrogen-bond acceptors (Lipinski definition) is 4. The van der Waals surface area contributed by atoms with E-state index in [4.69, 9.17) is 0 Å². The van der Waals surface area contributed by atoms with Crippen LogP contribution in [0.1, 0.15) is 16.1 Å². The molecular formula is C24H22N4O. The van der Waals surface area contributed by atoms with Crippen molar-refractivity contribution in [2.45, 2.75) is 6.54 Å². The normalized spacial score (nSPS) is 15.1. The molecule has 0 bridgehead atoms. The zero-order valence-corrected chi connectivity index (χ0v) is 16.2. The summed E-state index contributed by atoms with van der Waals surface area (Å²) in [5, 5.41) is 2.22. The first kappa shape index (κ1) is 17.8. The number of hydrogen-bond donors (Lipinski definition) is 0. The Balaban J connectivity index is 1.26. The van der Waals surface area contributed by atoms with Crippen molar-refractivity contribution >= 4 is 27.7 Å². The monoisotopic (exact) mass is 382 g/mol. The van der Waals surface area contributed by atoms with E-state index in [0.29, 0.717) is 18.8 Å². The number of nitrogens with zero attached hydrogens (tertiary/aromatic N) is 4. The number of carbonyl (C=O) groups excluding carboxylic acids is 1. The molecule has 2 aromatic heterocycles. The SMILES string of the molecule is O=C(c1ccc2ccccc2n1)N1CCN(Cc2cccc3cccnc23)CC1. The molecule has 3 heterocycles. The first-order valence-corrected chi connectivity index (χ1v) is 9.98. The number of pyridine rings is 2. The topological polar surface area (TPSA) is 49.3 Å². The maximum atomic E-state index is 12.9. The highest BCUT2D eigenvalue weighted by Crippen LogP contribution is 2.19. The van der Waals surface area contributed by atoms with E-state index in [-0.39, 0.29) is 5.91 Å². The molecule has 0 unspecified atom stereocenters. The highest BCUT2D eigenvalue weighted by atomic mass is 16.2. The fraction of sp³-hybridized carbons (Fsp3) is 0.208. The molecule has 29 heavy (non-hydrogen) atoms. The Morgan fingerprint density at radius 3 is 2.52 bits per heavy atom. The van der Waals surface area contributed by atoms with E-state index in [1.54, 1.807) is 0 Å². The van der Waals surface area contributed by atoms with Crippen LogP contribution in [-0.2, 0) is 6.54 Å². The molecule has 1 amide bonds.